The van der Waals surface area contributed by atoms with E-state index in [0.717, 1.165) is 57.8 Å². The summed E-state index contributed by atoms with van der Waals surface area (Å²) in [4.78, 5) is 30.5. The molecular formula is C48H87DyO6. The van der Waals surface area contributed by atoms with Crippen LogP contribution in [0.5, 0.6) is 0 Å². The first-order chi connectivity index (χ1) is 26.3. The van der Waals surface area contributed by atoms with E-state index in [1.807, 2.05) is 0 Å². The number of rotatable bonds is 39. The number of hydrogen-bond acceptors (Lipinski definition) is 6. The molecule has 0 aliphatic carbocycles. The average Bonchev–Trinajstić information content (AvgIpc) is 3.14. The van der Waals surface area contributed by atoms with E-state index >= 15 is 0 Å². The van der Waals surface area contributed by atoms with E-state index in [4.69, 9.17) is 0 Å². The van der Waals surface area contributed by atoms with Gasteiger partial charge in [0.25, 0.3) is 0 Å². The SMILES string of the molecule is CCCCCC/C=C\CCCCCCCC(=O)[O-].CCCCCC/C=C\CCCCCCCC(=O)[O-].CCCCCC/C=C\CCCCCCCC(=O)[O-].[Dy+3]. The third-order valence-electron chi connectivity index (χ3n) is 9.43. The molecule has 0 aliphatic rings. The number of carbonyl (C=O) groups excluding carboxylic acids is 3. The molecule has 0 aliphatic heterocycles. The van der Waals surface area contributed by atoms with Gasteiger partial charge in [0.1, 0.15) is 0 Å². The zero-order chi connectivity index (χ0) is 40.4. The van der Waals surface area contributed by atoms with Crippen molar-refractivity contribution in [2.24, 2.45) is 0 Å². The Labute approximate surface area is 371 Å². The zero-order valence-corrected chi connectivity index (χ0v) is 38.2. The second-order valence-electron chi connectivity index (χ2n) is 15.0. The molecule has 0 rings (SSSR count). The Morgan fingerprint density at radius 3 is 0.636 bits per heavy atom. The molecule has 0 bridgehead atoms. The Morgan fingerprint density at radius 1 is 0.291 bits per heavy atom. The molecule has 0 N–H and O–H groups in total. The molecule has 0 fully saturated rings. The van der Waals surface area contributed by atoms with Gasteiger partial charge in [-0.2, -0.15) is 0 Å². The van der Waals surface area contributed by atoms with Crippen LogP contribution in [-0.2, 0) is 14.4 Å². The molecule has 0 amide bonds. The number of carboxylic acids is 3. The summed E-state index contributed by atoms with van der Waals surface area (Å²) in [5.41, 5.74) is 0. The summed E-state index contributed by atoms with van der Waals surface area (Å²) < 4.78 is 0. The number of carbonyl (C=O) groups is 3. The van der Waals surface area contributed by atoms with E-state index in [1.165, 1.54) is 154 Å². The van der Waals surface area contributed by atoms with Gasteiger partial charge >= 0.3 is 38.2 Å². The van der Waals surface area contributed by atoms with Crippen LogP contribution in [0, 0.1) is 38.2 Å². The molecule has 6 nitrogen and oxygen atoms in total. The van der Waals surface area contributed by atoms with Gasteiger partial charge in [-0.05, 0) is 116 Å². The molecule has 0 saturated carbocycles. The van der Waals surface area contributed by atoms with Crippen LogP contribution in [0.3, 0.4) is 0 Å². The first-order valence-electron chi connectivity index (χ1n) is 22.9. The van der Waals surface area contributed by atoms with Crippen molar-refractivity contribution in [2.45, 2.75) is 252 Å². The minimum atomic E-state index is -0.916. The van der Waals surface area contributed by atoms with Crippen LogP contribution in [0.15, 0.2) is 36.5 Å². The average molecular weight is 923 g/mol. The van der Waals surface area contributed by atoms with Gasteiger partial charge in [-0.25, -0.2) is 0 Å². The molecule has 0 atom stereocenters. The van der Waals surface area contributed by atoms with E-state index < -0.39 is 17.9 Å². The van der Waals surface area contributed by atoms with Crippen molar-refractivity contribution >= 4 is 17.9 Å². The fraction of sp³-hybridized carbons (Fsp3) is 0.812. The Balaban J connectivity index is -0.000000351. The molecule has 0 aromatic rings. The Bertz CT molecular complexity index is 744. The summed E-state index contributed by atoms with van der Waals surface area (Å²) in [5.74, 6) is -2.75. The monoisotopic (exact) mass is 924 g/mol. The van der Waals surface area contributed by atoms with Crippen LogP contribution in [0.4, 0.5) is 0 Å². The van der Waals surface area contributed by atoms with Crippen LogP contribution in [0.1, 0.15) is 252 Å². The molecule has 0 spiro atoms. The summed E-state index contributed by atoms with van der Waals surface area (Å²) >= 11 is 0. The number of hydrogen-bond donors (Lipinski definition) is 0. The second kappa shape index (κ2) is 57.2. The van der Waals surface area contributed by atoms with Gasteiger partial charge in [-0.1, -0.05) is 173 Å². The van der Waals surface area contributed by atoms with E-state index in [0.29, 0.717) is 0 Å². The molecule has 0 unspecified atom stereocenters. The third-order valence-corrected chi connectivity index (χ3v) is 9.43. The molecule has 0 aromatic carbocycles. The molecule has 0 aromatic heterocycles. The maximum Gasteiger partial charge on any atom is 3.00 e. The molecule has 55 heavy (non-hydrogen) atoms. The van der Waals surface area contributed by atoms with Gasteiger partial charge < -0.3 is 29.7 Å². The molecular weight excluding hydrogens is 835 g/mol. The zero-order valence-electron chi connectivity index (χ0n) is 36.2. The smallest absolute Gasteiger partial charge is 0.550 e. The van der Waals surface area contributed by atoms with E-state index in [1.54, 1.807) is 0 Å². The maximum atomic E-state index is 10.2. The van der Waals surface area contributed by atoms with Gasteiger partial charge in [-0.15, -0.1) is 0 Å². The molecule has 1 radical (unpaired) electrons. The quantitative estimate of drug-likeness (QED) is 0.0447. The Morgan fingerprint density at radius 2 is 0.455 bits per heavy atom. The van der Waals surface area contributed by atoms with E-state index in [-0.39, 0.29) is 57.4 Å². The van der Waals surface area contributed by atoms with Crippen LogP contribution < -0.4 is 15.3 Å². The first-order valence-corrected chi connectivity index (χ1v) is 22.9. The summed E-state index contributed by atoms with van der Waals surface area (Å²) in [6.45, 7) is 6.72. The second-order valence-corrected chi connectivity index (χ2v) is 15.0. The van der Waals surface area contributed by atoms with Crippen molar-refractivity contribution in [3.05, 3.63) is 36.5 Å². The fourth-order valence-corrected chi connectivity index (χ4v) is 5.96. The van der Waals surface area contributed by atoms with E-state index in [2.05, 4.69) is 57.2 Å². The van der Waals surface area contributed by atoms with Gasteiger partial charge in [0.15, 0.2) is 0 Å². The summed E-state index contributed by atoms with van der Waals surface area (Å²) in [6, 6.07) is 0. The summed E-state index contributed by atoms with van der Waals surface area (Å²) in [7, 11) is 0. The number of unbranched alkanes of at least 4 members (excludes halogenated alkanes) is 27. The Hall–Kier alpha value is -1.10. The minimum absolute atomic E-state index is 0. The van der Waals surface area contributed by atoms with E-state index in [9.17, 15) is 29.7 Å². The minimum Gasteiger partial charge on any atom is -0.550 e. The number of carboxylic acid groups (broad SMARTS) is 3. The van der Waals surface area contributed by atoms with Crippen LogP contribution in [0.2, 0.25) is 0 Å². The predicted molar refractivity (Wildman–Crippen MR) is 226 cm³/mol. The Kier molecular flexibility index (Phi) is 63.0. The van der Waals surface area contributed by atoms with Crippen LogP contribution in [-0.4, -0.2) is 17.9 Å². The first kappa shape index (κ1) is 60.6. The van der Waals surface area contributed by atoms with Crippen molar-refractivity contribution in [1.29, 1.82) is 0 Å². The van der Waals surface area contributed by atoms with Gasteiger partial charge in [0.2, 0.25) is 0 Å². The fourth-order valence-electron chi connectivity index (χ4n) is 5.96. The van der Waals surface area contributed by atoms with Crippen molar-refractivity contribution in [3.8, 4) is 0 Å². The van der Waals surface area contributed by atoms with Gasteiger partial charge in [0, 0.05) is 17.9 Å². The van der Waals surface area contributed by atoms with Crippen LogP contribution >= 0.6 is 0 Å². The van der Waals surface area contributed by atoms with Crippen molar-refractivity contribution in [1.82, 2.24) is 0 Å². The summed E-state index contributed by atoms with van der Waals surface area (Å²) in [6.07, 6.45) is 53.9. The number of aliphatic carboxylic acids is 3. The topological polar surface area (TPSA) is 120 Å². The summed E-state index contributed by atoms with van der Waals surface area (Å²) in [5, 5.41) is 30.5. The van der Waals surface area contributed by atoms with Gasteiger partial charge in [0.05, 0.1) is 0 Å². The largest absolute Gasteiger partial charge is 3.00 e. The van der Waals surface area contributed by atoms with Crippen molar-refractivity contribution in [3.63, 3.8) is 0 Å². The molecule has 7 heteroatoms. The molecule has 0 saturated heterocycles. The maximum absolute atomic E-state index is 10.2. The molecule has 325 valence electrons. The van der Waals surface area contributed by atoms with Crippen molar-refractivity contribution < 1.29 is 67.9 Å². The third kappa shape index (κ3) is 71.1. The standard InChI is InChI=1S/3C16H30O2.Dy/c3*1-2-3-4-5-6-7-8-9-10-11-12-13-14-15-16(17)18;/h3*7-8H,2-6,9-15H2,1H3,(H,17,18);/q;;;+3/p-3/b3*8-7-;. The van der Waals surface area contributed by atoms with Gasteiger partial charge in [-0.3, -0.25) is 0 Å². The molecule has 0 heterocycles. The predicted octanol–water partition coefficient (Wildman–Crippen LogP) is 12.0. The van der Waals surface area contributed by atoms with Crippen molar-refractivity contribution in [2.75, 3.05) is 0 Å². The van der Waals surface area contributed by atoms with Crippen LogP contribution in [0.25, 0.3) is 0 Å². The normalized spacial score (nSPS) is 11.0. The number of allylic oxidation sites excluding steroid dienone is 6.